The highest BCUT2D eigenvalue weighted by Gasteiger charge is 2.12. The molecule has 0 amide bonds. The summed E-state index contributed by atoms with van der Waals surface area (Å²) in [5, 5.41) is 2.76. The summed E-state index contributed by atoms with van der Waals surface area (Å²) in [6, 6.07) is 4.80. The zero-order valence-electron chi connectivity index (χ0n) is 5.61. The monoisotopic (exact) mass is 151 g/mol. The lowest BCUT2D eigenvalue weighted by molar-refractivity contribution is 0.174. The van der Waals surface area contributed by atoms with Crippen molar-refractivity contribution >= 4 is 5.69 Å². The van der Waals surface area contributed by atoms with Crippen LogP contribution in [0.15, 0.2) is 23.4 Å². The summed E-state index contributed by atoms with van der Waals surface area (Å²) in [4.78, 5) is 10.1. The van der Waals surface area contributed by atoms with E-state index < -0.39 is 0 Å². The first-order chi connectivity index (χ1) is 5.40. The van der Waals surface area contributed by atoms with Crippen LogP contribution in [0.1, 0.15) is 0 Å². The first-order valence-corrected chi connectivity index (χ1v) is 3.13. The molecule has 0 atom stereocenters. The molecular formula is C7H5NO3. The van der Waals surface area contributed by atoms with E-state index in [4.69, 9.17) is 9.47 Å². The summed E-state index contributed by atoms with van der Waals surface area (Å²) < 4.78 is 10.1. The Hall–Kier alpha value is -1.58. The van der Waals surface area contributed by atoms with Crippen molar-refractivity contribution < 1.29 is 9.47 Å². The molecule has 0 fully saturated rings. The molecule has 1 heterocycles. The van der Waals surface area contributed by atoms with E-state index in [0.717, 1.165) is 0 Å². The van der Waals surface area contributed by atoms with Gasteiger partial charge >= 0.3 is 0 Å². The molecule has 11 heavy (non-hydrogen) atoms. The highest BCUT2D eigenvalue weighted by Crippen LogP contribution is 2.34. The van der Waals surface area contributed by atoms with Crippen LogP contribution in [0.4, 0.5) is 5.69 Å². The molecule has 0 spiro atoms. The highest BCUT2D eigenvalue weighted by molar-refractivity contribution is 5.52. The minimum atomic E-state index is 0.220. The van der Waals surface area contributed by atoms with Crippen molar-refractivity contribution in [2.24, 2.45) is 5.18 Å². The van der Waals surface area contributed by atoms with Gasteiger partial charge < -0.3 is 9.47 Å². The summed E-state index contributed by atoms with van der Waals surface area (Å²) in [5.74, 6) is 1.25. The van der Waals surface area contributed by atoms with Crippen molar-refractivity contribution in [3.63, 3.8) is 0 Å². The molecule has 1 aliphatic rings. The summed E-state index contributed by atoms with van der Waals surface area (Å²) in [5.41, 5.74) is 0.356. The Morgan fingerprint density at radius 1 is 1.27 bits per heavy atom. The quantitative estimate of drug-likeness (QED) is 0.575. The molecule has 0 unspecified atom stereocenters. The third kappa shape index (κ3) is 0.920. The summed E-state index contributed by atoms with van der Waals surface area (Å²) in [7, 11) is 0. The minimum absolute atomic E-state index is 0.220. The Kier molecular flexibility index (Phi) is 1.25. The van der Waals surface area contributed by atoms with Gasteiger partial charge in [0.05, 0.1) is 0 Å². The van der Waals surface area contributed by atoms with Crippen molar-refractivity contribution in [2.75, 3.05) is 6.79 Å². The number of hydrogen-bond acceptors (Lipinski definition) is 4. The highest BCUT2D eigenvalue weighted by atomic mass is 16.7. The molecule has 0 N–H and O–H groups in total. The van der Waals surface area contributed by atoms with Crippen LogP contribution in [0.5, 0.6) is 11.5 Å². The molecule has 0 saturated carbocycles. The maximum Gasteiger partial charge on any atom is 0.231 e. The Bertz CT molecular complexity index is 298. The SMILES string of the molecule is O=Nc1ccc2c(c1)OCO2. The molecule has 4 heteroatoms. The summed E-state index contributed by atoms with van der Waals surface area (Å²) in [6.45, 7) is 0.220. The van der Waals surface area contributed by atoms with Crippen LogP contribution in [0.25, 0.3) is 0 Å². The van der Waals surface area contributed by atoms with E-state index in [1.807, 2.05) is 0 Å². The molecule has 2 rings (SSSR count). The van der Waals surface area contributed by atoms with Crippen LogP contribution in [0.3, 0.4) is 0 Å². The van der Waals surface area contributed by atoms with Gasteiger partial charge in [-0.1, -0.05) is 0 Å². The number of ether oxygens (including phenoxy) is 2. The number of rotatable bonds is 1. The predicted molar refractivity (Wildman–Crippen MR) is 38.0 cm³/mol. The molecule has 56 valence electrons. The zero-order valence-corrected chi connectivity index (χ0v) is 5.61. The van der Waals surface area contributed by atoms with Gasteiger partial charge in [0.25, 0.3) is 0 Å². The first-order valence-electron chi connectivity index (χ1n) is 3.13. The third-order valence-electron chi connectivity index (χ3n) is 1.46. The number of fused-ring (bicyclic) bond motifs is 1. The topological polar surface area (TPSA) is 47.9 Å². The lowest BCUT2D eigenvalue weighted by Gasteiger charge is -1.93. The number of benzene rings is 1. The molecule has 1 aromatic rings. The van der Waals surface area contributed by atoms with E-state index in [1.165, 1.54) is 0 Å². The van der Waals surface area contributed by atoms with Crippen LogP contribution in [0.2, 0.25) is 0 Å². The number of hydrogen-bond donors (Lipinski definition) is 0. The molecule has 0 saturated heterocycles. The van der Waals surface area contributed by atoms with E-state index >= 15 is 0 Å². The largest absolute Gasteiger partial charge is 0.454 e. The van der Waals surface area contributed by atoms with Crippen molar-refractivity contribution in [3.8, 4) is 11.5 Å². The van der Waals surface area contributed by atoms with Gasteiger partial charge in [-0.05, 0) is 17.3 Å². The van der Waals surface area contributed by atoms with Crippen molar-refractivity contribution in [1.29, 1.82) is 0 Å². The second-order valence-corrected chi connectivity index (χ2v) is 2.13. The van der Waals surface area contributed by atoms with E-state index in [1.54, 1.807) is 18.2 Å². The van der Waals surface area contributed by atoms with Gasteiger partial charge in [-0.15, -0.1) is 4.91 Å². The lowest BCUT2D eigenvalue weighted by Crippen LogP contribution is -1.92. The van der Waals surface area contributed by atoms with Crippen LogP contribution in [0, 0.1) is 4.91 Å². The fourth-order valence-electron chi connectivity index (χ4n) is 0.942. The second kappa shape index (κ2) is 2.23. The van der Waals surface area contributed by atoms with Gasteiger partial charge in [-0.25, -0.2) is 0 Å². The Morgan fingerprint density at radius 2 is 2.09 bits per heavy atom. The minimum Gasteiger partial charge on any atom is -0.454 e. The smallest absolute Gasteiger partial charge is 0.231 e. The van der Waals surface area contributed by atoms with Gasteiger partial charge in [-0.2, -0.15) is 0 Å². The average molecular weight is 151 g/mol. The van der Waals surface area contributed by atoms with Gasteiger partial charge in [-0.3, -0.25) is 0 Å². The normalized spacial score (nSPS) is 13.1. The van der Waals surface area contributed by atoms with Gasteiger partial charge in [0.15, 0.2) is 11.5 Å². The fraction of sp³-hybridized carbons (Fsp3) is 0.143. The zero-order chi connectivity index (χ0) is 7.68. The van der Waals surface area contributed by atoms with Crippen molar-refractivity contribution in [3.05, 3.63) is 23.1 Å². The maximum atomic E-state index is 10.1. The molecule has 0 aromatic heterocycles. The number of nitrogens with zero attached hydrogens (tertiary/aromatic N) is 1. The van der Waals surface area contributed by atoms with Crippen LogP contribution in [-0.4, -0.2) is 6.79 Å². The molecule has 0 radical (unpaired) electrons. The van der Waals surface area contributed by atoms with Crippen LogP contribution in [-0.2, 0) is 0 Å². The third-order valence-corrected chi connectivity index (χ3v) is 1.46. The Morgan fingerprint density at radius 3 is 2.91 bits per heavy atom. The van der Waals surface area contributed by atoms with E-state index in [-0.39, 0.29) is 6.79 Å². The molecule has 1 aromatic carbocycles. The summed E-state index contributed by atoms with van der Waals surface area (Å²) in [6.07, 6.45) is 0. The average Bonchev–Trinajstić information content (AvgIpc) is 2.50. The van der Waals surface area contributed by atoms with Crippen LogP contribution >= 0.6 is 0 Å². The van der Waals surface area contributed by atoms with Crippen LogP contribution < -0.4 is 9.47 Å². The first kappa shape index (κ1) is 6.15. The molecule has 0 bridgehead atoms. The van der Waals surface area contributed by atoms with Gasteiger partial charge in [0.2, 0.25) is 6.79 Å². The standard InChI is InChI=1S/C7H5NO3/c9-8-5-1-2-6-7(3-5)11-4-10-6/h1-3H,4H2. The Labute approximate surface area is 62.7 Å². The molecule has 4 nitrogen and oxygen atoms in total. The Balaban J connectivity index is 2.48. The fourth-order valence-corrected chi connectivity index (χ4v) is 0.942. The lowest BCUT2D eigenvalue weighted by atomic mass is 10.3. The van der Waals surface area contributed by atoms with E-state index in [2.05, 4.69) is 5.18 Å². The second-order valence-electron chi connectivity index (χ2n) is 2.13. The maximum absolute atomic E-state index is 10.1. The summed E-state index contributed by atoms with van der Waals surface area (Å²) >= 11 is 0. The van der Waals surface area contributed by atoms with Crippen molar-refractivity contribution in [2.45, 2.75) is 0 Å². The van der Waals surface area contributed by atoms with E-state index in [9.17, 15) is 4.91 Å². The molecule has 1 aliphatic heterocycles. The number of nitroso groups, excluding NO2 is 1. The van der Waals surface area contributed by atoms with E-state index in [0.29, 0.717) is 17.2 Å². The van der Waals surface area contributed by atoms with Crippen molar-refractivity contribution in [1.82, 2.24) is 0 Å². The predicted octanol–water partition coefficient (Wildman–Crippen LogP) is 1.81. The van der Waals surface area contributed by atoms with Gasteiger partial charge in [0.1, 0.15) is 5.69 Å². The molecule has 0 aliphatic carbocycles. The van der Waals surface area contributed by atoms with Gasteiger partial charge in [0, 0.05) is 6.07 Å². The molecular weight excluding hydrogens is 146 g/mol.